The summed E-state index contributed by atoms with van der Waals surface area (Å²) in [6, 6.07) is 0.526. The number of hydrogen-bond donors (Lipinski definition) is 2. The zero-order chi connectivity index (χ0) is 8.97. The quantitative estimate of drug-likeness (QED) is 0.533. The van der Waals surface area contributed by atoms with Gasteiger partial charge in [0.25, 0.3) is 5.91 Å². The third kappa shape index (κ3) is 2.24. The van der Waals surface area contributed by atoms with E-state index in [2.05, 4.69) is 23.5 Å². The van der Waals surface area contributed by atoms with Crippen molar-refractivity contribution in [3.63, 3.8) is 0 Å². The third-order valence-electron chi connectivity index (χ3n) is 2.21. The molecular formula is C9H14N2O. The van der Waals surface area contributed by atoms with E-state index in [0.29, 0.717) is 6.04 Å². The van der Waals surface area contributed by atoms with Gasteiger partial charge in [-0.15, -0.1) is 6.42 Å². The number of amides is 1. The van der Waals surface area contributed by atoms with Crippen LogP contribution < -0.4 is 10.6 Å². The first-order valence-corrected chi connectivity index (χ1v) is 4.24. The number of carbonyl (C=O) groups excluding carboxylic acids is 1. The van der Waals surface area contributed by atoms with Crippen molar-refractivity contribution in [3.05, 3.63) is 0 Å². The van der Waals surface area contributed by atoms with E-state index >= 15 is 0 Å². The van der Waals surface area contributed by atoms with E-state index < -0.39 is 0 Å². The van der Waals surface area contributed by atoms with Gasteiger partial charge in [-0.3, -0.25) is 4.79 Å². The van der Waals surface area contributed by atoms with Gasteiger partial charge in [0.1, 0.15) is 0 Å². The molecule has 2 atom stereocenters. The molecule has 12 heavy (non-hydrogen) atoms. The third-order valence-corrected chi connectivity index (χ3v) is 2.21. The van der Waals surface area contributed by atoms with E-state index in [-0.39, 0.29) is 11.9 Å². The van der Waals surface area contributed by atoms with Gasteiger partial charge in [0.05, 0.1) is 0 Å². The molecule has 2 unspecified atom stereocenters. The number of terminal acetylenes is 1. The minimum atomic E-state index is -0.310. The van der Waals surface area contributed by atoms with Crippen LogP contribution in [0, 0.1) is 12.3 Å². The summed E-state index contributed by atoms with van der Waals surface area (Å²) in [5, 5.41) is 6.06. The Morgan fingerprint density at radius 3 is 3.08 bits per heavy atom. The maximum Gasteiger partial charge on any atom is 0.295 e. The van der Waals surface area contributed by atoms with Crippen molar-refractivity contribution in [3.8, 4) is 12.3 Å². The van der Waals surface area contributed by atoms with Gasteiger partial charge >= 0.3 is 0 Å². The Kier molecular flexibility index (Phi) is 3.12. The highest BCUT2D eigenvalue weighted by Crippen LogP contribution is 2.07. The molecule has 0 aromatic rings. The first-order chi connectivity index (χ1) is 5.74. The molecule has 0 aliphatic carbocycles. The molecule has 1 saturated heterocycles. The van der Waals surface area contributed by atoms with Crippen LogP contribution in [0.25, 0.3) is 0 Å². The molecule has 3 nitrogen and oxygen atoms in total. The second-order valence-corrected chi connectivity index (χ2v) is 3.11. The van der Waals surface area contributed by atoms with Crippen molar-refractivity contribution in [2.45, 2.75) is 31.8 Å². The van der Waals surface area contributed by atoms with Crippen LogP contribution in [-0.4, -0.2) is 24.5 Å². The summed E-state index contributed by atoms with van der Waals surface area (Å²) < 4.78 is 0. The number of piperidine rings is 1. The second kappa shape index (κ2) is 4.13. The Morgan fingerprint density at radius 1 is 1.75 bits per heavy atom. The van der Waals surface area contributed by atoms with Gasteiger partial charge in [0.2, 0.25) is 0 Å². The van der Waals surface area contributed by atoms with E-state index in [1.165, 1.54) is 0 Å². The molecule has 0 spiro atoms. The normalized spacial score (nSPS) is 29.0. The average Bonchev–Trinajstić information content (AvgIpc) is 2.09. The Balaban J connectivity index is 2.40. The van der Waals surface area contributed by atoms with Crippen molar-refractivity contribution in [2.24, 2.45) is 0 Å². The zero-order valence-corrected chi connectivity index (χ0v) is 7.26. The molecule has 1 aliphatic rings. The minimum Gasteiger partial charge on any atom is -0.341 e. The number of nitrogens with one attached hydrogen (secondary N) is 2. The number of rotatable bonds is 1. The fourth-order valence-corrected chi connectivity index (χ4v) is 1.45. The first kappa shape index (κ1) is 9.08. The summed E-state index contributed by atoms with van der Waals surface area (Å²) in [7, 11) is 0. The van der Waals surface area contributed by atoms with Crippen molar-refractivity contribution >= 4 is 5.91 Å². The van der Waals surface area contributed by atoms with Gasteiger partial charge in [0, 0.05) is 12.1 Å². The fourth-order valence-electron chi connectivity index (χ4n) is 1.45. The summed E-state index contributed by atoms with van der Waals surface area (Å²) in [6.45, 7) is 3.09. The van der Waals surface area contributed by atoms with Crippen molar-refractivity contribution in [1.82, 2.24) is 10.6 Å². The van der Waals surface area contributed by atoms with E-state index in [1.807, 2.05) is 0 Å². The highest BCUT2D eigenvalue weighted by atomic mass is 16.1. The standard InChI is InChI=1S/C9H14N2O/c1-3-9(12)11-8-5-4-6-10-7(8)2/h1,7-8,10H,4-6H2,2H3,(H,11,12). The van der Waals surface area contributed by atoms with Crippen LogP contribution in [-0.2, 0) is 4.79 Å². The maximum atomic E-state index is 10.9. The van der Waals surface area contributed by atoms with Gasteiger partial charge in [-0.25, -0.2) is 0 Å². The van der Waals surface area contributed by atoms with Crippen LogP contribution in [0.3, 0.4) is 0 Å². The van der Waals surface area contributed by atoms with Crippen molar-refractivity contribution < 1.29 is 4.79 Å². The molecular weight excluding hydrogens is 152 g/mol. The molecule has 2 N–H and O–H groups in total. The van der Waals surface area contributed by atoms with Crippen LogP contribution in [0.2, 0.25) is 0 Å². The summed E-state index contributed by atoms with van der Waals surface area (Å²) in [5.74, 6) is 1.75. The maximum absolute atomic E-state index is 10.9. The van der Waals surface area contributed by atoms with Crippen molar-refractivity contribution in [2.75, 3.05) is 6.54 Å². The predicted octanol–water partition coefficient (Wildman–Crippen LogP) is -0.124. The Hall–Kier alpha value is -1.01. The zero-order valence-electron chi connectivity index (χ0n) is 7.26. The highest BCUT2D eigenvalue weighted by molar-refractivity contribution is 5.93. The molecule has 1 amide bonds. The van der Waals surface area contributed by atoms with Gasteiger partial charge < -0.3 is 10.6 Å². The minimum absolute atomic E-state index is 0.197. The van der Waals surface area contributed by atoms with E-state index in [0.717, 1.165) is 19.4 Å². The summed E-state index contributed by atoms with van der Waals surface area (Å²) in [4.78, 5) is 10.9. The molecule has 3 heteroatoms. The van der Waals surface area contributed by atoms with Crippen LogP contribution in [0.15, 0.2) is 0 Å². The predicted molar refractivity (Wildman–Crippen MR) is 47.5 cm³/mol. The lowest BCUT2D eigenvalue weighted by molar-refractivity contribution is -0.116. The number of hydrogen-bond acceptors (Lipinski definition) is 2. The molecule has 0 radical (unpaired) electrons. The molecule has 0 aromatic carbocycles. The molecule has 1 aliphatic heterocycles. The monoisotopic (exact) mass is 166 g/mol. The van der Waals surface area contributed by atoms with Gasteiger partial charge in [0.15, 0.2) is 0 Å². The van der Waals surface area contributed by atoms with Crippen LogP contribution in [0.4, 0.5) is 0 Å². The van der Waals surface area contributed by atoms with Gasteiger partial charge in [-0.2, -0.15) is 0 Å². The van der Waals surface area contributed by atoms with Crippen molar-refractivity contribution in [1.29, 1.82) is 0 Å². The topological polar surface area (TPSA) is 41.1 Å². The molecule has 0 aromatic heterocycles. The second-order valence-electron chi connectivity index (χ2n) is 3.11. The van der Waals surface area contributed by atoms with Crippen LogP contribution in [0.5, 0.6) is 0 Å². The van der Waals surface area contributed by atoms with E-state index in [9.17, 15) is 4.79 Å². The molecule has 1 heterocycles. The Morgan fingerprint density at radius 2 is 2.50 bits per heavy atom. The smallest absolute Gasteiger partial charge is 0.295 e. The first-order valence-electron chi connectivity index (χ1n) is 4.24. The van der Waals surface area contributed by atoms with Crippen LogP contribution in [0.1, 0.15) is 19.8 Å². The fraction of sp³-hybridized carbons (Fsp3) is 0.667. The molecule has 0 saturated carbocycles. The van der Waals surface area contributed by atoms with E-state index in [1.54, 1.807) is 0 Å². The molecule has 0 bridgehead atoms. The summed E-state index contributed by atoms with van der Waals surface area (Å²) >= 11 is 0. The van der Waals surface area contributed by atoms with Gasteiger partial charge in [-0.05, 0) is 32.2 Å². The molecule has 1 rings (SSSR count). The lowest BCUT2D eigenvalue weighted by Crippen LogP contribution is -2.51. The molecule has 66 valence electrons. The Labute approximate surface area is 72.9 Å². The highest BCUT2D eigenvalue weighted by Gasteiger charge is 2.21. The summed E-state index contributed by atoms with van der Waals surface area (Å²) in [6.07, 6.45) is 7.06. The SMILES string of the molecule is C#CC(=O)NC1CCCNC1C. The van der Waals surface area contributed by atoms with Gasteiger partial charge in [-0.1, -0.05) is 0 Å². The summed E-state index contributed by atoms with van der Waals surface area (Å²) in [5.41, 5.74) is 0. The van der Waals surface area contributed by atoms with E-state index in [4.69, 9.17) is 6.42 Å². The Bertz CT molecular complexity index is 207. The number of carbonyl (C=O) groups is 1. The lowest BCUT2D eigenvalue weighted by Gasteiger charge is -2.29. The average molecular weight is 166 g/mol. The largest absolute Gasteiger partial charge is 0.341 e. The molecule has 1 fully saturated rings. The van der Waals surface area contributed by atoms with Crippen LogP contribution >= 0.6 is 0 Å². The lowest BCUT2D eigenvalue weighted by atomic mass is 10.00.